The van der Waals surface area contributed by atoms with Gasteiger partial charge in [0.1, 0.15) is 47.5 Å². The Bertz CT molecular complexity index is 1190. The molecule has 4 aromatic rings. The largest absolute Gasteiger partial charge is 0.485 e. The van der Waals surface area contributed by atoms with Gasteiger partial charge in [-0.3, -0.25) is 5.10 Å². The topological polar surface area (TPSA) is 103 Å². The number of fused-ring (bicyclic) bond motifs is 1. The minimum atomic E-state index is -1.12. The van der Waals surface area contributed by atoms with Gasteiger partial charge in [-0.15, -0.1) is 0 Å². The number of anilines is 1. The lowest BCUT2D eigenvalue weighted by Gasteiger charge is -2.14. The number of nitrogens with one attached hydrogen (secondary N) is 1. The van der Waals surface area contributed by atoms with Crippen molar-refractivity contribution in [3.8, 4) is 16.9 Å². The second kappa shape index (κ2) is 9.18. The second-order valence-electron chi connectivity index (χ2n) is 5.66. The maximum atomic E-state index is 15.0. The summed E-state index contributed by atoms with van der Waals surface area (Å²) in [5.41, 5.74) is 5.40. The number of thiol groups is 1. The number of ether oxygens (including phenoxy) is 1. The Morgan fingerprint density at radius 2 is 1.87 bits per heavy atom. The molecule has 0 bridgehead atoms. The Balaban J connectivity index is 0.00000124. The van der Waals surface area contributed by atoms with Crippen LogP contribution in [0.2, 0.25) is 5.02 Å². The highest BCUT2D eigenvalue weighted by molar-refractivity contribution is 7.79. The molecule has 0 fully saturated rings. The number of hydrogen-bond acceptors (Lipinski definition) is 7. The Hall–Kier alpha value is -3.05. The number of aromatic nitrogens is 5. The average Bonchev–Trinajstić information content (AvgIpc) is 3.27. The number of H-pyrrole nitrogens is 1. The number of nitrogens with zero attached hydrogens (tertiary/aromatic N) is 4. The van der Waals surface area contributed by atoms with Crippen molar-refractivity contribution in [2.75, 3.05) is 12.0 Å². The molecular weight excluding hydrogens is 441 g/mol. The lowest BCUT2D eigenvalue weighted by atomic mass is 10.00. The molecule has 2 aromatic carbocycles. The summed E-state index contributed by atoms with van der Waals surface area (Å²) < 4.78 is 48.6. The van der Waals surface area contributed by atoms with Crippen LogP contribution in [0.4, 0.5) is 19.0 Å². The second-order valence-corrected chi connectivity index (χ2v) is 6.04. The normalized spacial score (nSPS) is 10.6. The number of hydrogen-bond donors (Lipinski definition) is 3. The van der Waals surface area contributed by atoms with Crippen LogP contribution in [-0.2, 0) is 6.61 Å². The molecule has 0 saturated heterocycles. The van der Waals surface area contributed by atoms with E-state index < -0.39 is 22.5 Å². The molecule has 0 aliphatic carbocycles. The van der Waals surface area contributed by atoms with Crippen molar-refractivity contribution < 1.29 is 17.9 Å². The lowest BCUT2D eigenvalue weighted by molar-refractivity contribution is 0.298. The fraction of sp³-hybridized carbons (Fsp3) is 0.111. The molecule has 0 spiro atoms. The van der Waals surface area contributed by atoms with Crippen LogP contribution in [0.25, 0.3) is 22.0 Å². The van der Waals surface area contributed by atoms with E-state index in [1.165, 1.54) is 6.33 Å². The monoisotopic (exact) mass is 454 g/mol. The van der Waals surface area contributed by atoms with Crippen molar-refractivity contribution in [1.82, 2.24) is 25.1 Å². The summed E-state index contributed by atoms with van der Waals surface area (Å²) in [5.74, 6) is -2.53. The molecule has 0 radical (unpaired) electrons. The smallest absolute Gasteiger partial charge is 0.162 e. The van der Waals surface area contributed by atoms with Gasteiger partial charge < -0.3 is 10.5 Å². The highest BCUT2D eigenvalue weighted by Crippen LogP contribution is 2.40. The zero-order valence-corrected chi connectivity index (χ0v) is 17.0. The van der Waals surface area contributed by atoms with Gasteiger partial charge in [-0.05, 0) is 18.4 Å². The molecule has 0 atom stereocenters. The van der Waals surface area contributed by atoms with Crippen LogP contribution in [-0.4, -0.2) is 31.4 Å². The molecule has 0 saturated carbocycles. The van der Waals surface area contributed by atoms with E-state index in [-0.39, 0.29) is 40.2 Å². The van der Waals surface area contributed by atoms with Gasteiger partial charge in [-0.25, -0.2) is 28.1 Å². The molecule has 4 rings (SSSR count). The van der Waals surface area contributed by atoms with Crippen LogP contribution < -0.4 is 10.5 Å². The summed E-state index contributed by atoms with van der Waals surface area (Å²) in [6.45, 7) is -0.0566. The van der Waals surface area contributed by atoms with Crippen molar-refractivity contribution in [3.05, 3.63) is 59.2 Å². The van der Waals surface area contributed by atoms with Crippen molar-refractivity contribution in [2.45, 2.75) is 6.61 Å². The van der Waals surface area contributed by atoms with E-state index in [1.54, 1.807) is 6.26 Å². The highest BCUT2D eigenvalue weighted by Gasteiger charge is 2.23. The molecule has 7 nitrogen and oxygen atoms in total. The molecule has 3 N–H and O–H groups in total. The summed E-state index contributed by atoms with van der Waals surface area (Å²) in [7, 11) is 0. The maximum Gasteiger partial charge on any atom is 0.162 e. The van der Waals surface area contributed by atoms with E-state index in [1.807, 2.05) is 0 Å². The minimum absolute atomic E-state index is 0.00700. The number of nitrogens with two attached hydrogens (primary N) is 1. The zero-order chi connectivity index (χ0) is 21.8. The van der Waals surface area contributed by atoms with Gasteiger partial charge in [0.05, 0.1) is 10.9 Å². The number of rotatable bonds is 4. The molecule has 30 heavy (non-hydrogen) atoms. The van der Waals surface area contributed by atoms with Gasteiger partial charge in [0, 0.05) is 17.2 Å². The van der Waals surface area contributed by atoms with Crippen LogP contribution in [0.3, 0.4) is 0 Å². The van der Waals surface area contributed by atoms with Crippen molar-refractivity contribution in [2.24, 2.45) is 0 Å². The Morgan fingerprint density at radius 1 is 1.10 bits per heavy atom. The molecule has 156 valence electrons. The van der Waals surface area contributed by atoms with Gasteiger partial charge in [0.2, 0.25) is 0 Å². The number of aromatic amines is 1. The summed E-state index contributed by atoms with van der Waals surface area (Å²) >= 11 is 9.16. The Labute approximate surface area is 178 Å². The summed E-state index contributed by atoms with van der Waals surface area (Å²) in [6.07, 6.45) is 4.09. The SMILES string of the molecule is CS.Nc1ncnc2c(-c3ccc(F)c(Cl)c3F)c(F)cc(OCc3ncn[nH]3)c12. The molecule has 0 amide bonds. The summed E-state index contributed by atoms with van der Waals surface area (Å²) in [5, 5.41) is 5.70. The predicted octanol–water partition coefficient (Wildman–Crippen LogP) is 4.19. The van der Waals surface area contributed by atoms with Crippen LogP contribution >= 0.6 is 24.2 Å². The number of halogens is 4. The van der Waals surface area contributed by atoms with Crippen LogP contribution in [0, 0.1) is 17.5 Å². The van der Waals surface area contributed by atoms with Gasteiger partial charge in [-0.2, -0.15) is 17.7 Å². The molecule has 0 unspecified atom stereocenters. The Kier molecular flexibility index (Phi) is 6.63. The van der Waals surface area contributed by atoms with E-state index in [2.05, 4.69) is 37.8 Å². The summed E-state index contributed by atoms with van der Waals surface area (Å²) in [6, 6.07) is 3.02. The quantitative estimate of drug-likeness (QED) is 0.315. The van der Waals surface area contributed by atoms with E-state index in [0.717, 1.165) is 24.5 Å². The first kappa shape index (κ1) is 21.7. The fourth-order valence-corrected chi connectivity index (χ4v) is 2.90. The first-order valence-electron chi connectivity index (χ1n) is 8.25. The third-order valence-corrected chi connectivity index (χ3v) is 4.34. The maximum absolute atomic E-state index is 15.0. The van der Waals surface area contributed by atoms with Gasteiger partial charge >= 0.3 is 0 Å². The third kappa shape index (κ3) is 3.98. The van der Waals surface area contributed by atoms with E-state index in [4.69, 9.17) is 22.1 Å². The minimum Gasteiger partial charge on any atom is -0.485 e. The Morgan fingerprint density at radius 3 is 2.57 bits per heavy atom. The average molecular weight is 455 g/mol. The number of benzene rings is 2. The van der Waals surface area contributed by atoms with Crippen molar-refractivity contribution in [3.63, 3.8) is 0 Å². The van der Waals surface area contributed by atoms with Crippen LogP contribution in [0.5, 0.6) is 5.75 Å². The highest BCUT2D eigenvalue weighted by atomic mass is 35.5. The van der Waals surface area contributed by atoms with E-state index in [9.17, 15) is 13.2 Å². The van der Waals surface area contributed by atoms with Crippen LogP contribution in [0.15, 0.2) is 30.9 Å². The molecule has 2 aromatic heterocycles. The molecule has 2 heterocycles. The van der Waals surface area contributed by atoms with Gasteiger partial charge in [0.25, 0.3) is 0 Å². The van der Waals surface area contributed by atoms with Gasteiger partial charge in [-0.1, -0.05) is 11.6 Å². The van der Waals surface area contributed by atoms with E-state index in [0.29, 0.717) is 5.82 Å². The van der Waals surface area contributed by atoms with Crippen LogP contribution in [0.1, 0.15) is 5.82 Å². The molecule has 0 aliphatic heterocycles. The molecule has 12 heteroatoms. The summed E-state index contributed by atoms with van der Waals surface area (Å²) in [4.78, 5) is 11.8. The molecular formula is C18H14ClF3N6OS. The predicted molar refractivity (Wildman–Crippen MR) is 110 cm³/mol. The van der Waals surface area contributed by atoms with Crippen molar-refractivity contribution >= 4 is 41.0 Å². The molecule has 0 aliphatic rings. The van der Waals surface area contributed by atoms with E-state index >= 15 is 0 Å². The first-order chi connectivity index (χ1) is 14.5. The van der Waals surface area contributed by atoms with Crippen molar-refractivity contribution in [1.29, 1.82) is 0 Å². The third-order valence-electron chi connectivity index (χ3n) is 3.99. The fourth-order valence-electron chi connectivity index (χ4n) is 2.74. The first-order valence-corrected chi connectivity index (χ1v) is 9.53. The number of nitrogen functional groups attached to an aromatic ring is 1. The standard InChI is InChI=1S/C17H10ClF3N6O.CH4S/c18-14-8(19)2-1-7(15(14)21)12-9(20)3-10(28-4-11-23-6-26-27-11)13-16(12)24-5-25-17(13)22;1-2/h1-3,5-6H,4H2,(H2,22,24,25)(H,23,26,27);2H,1H3. The lowest BCUT2D eigenvalue weighted by Crippen LogP contribution is -2.04. The zero-order valence-electron chi connectivity index (χ0n) is 15.3. The van der Waals surface area contributed by atoms with Gasteiger partial charge in [0.15, 0.2) is 11.6 Å².